The van der Waals surface area contributed by atoms with Gasteiger partial charge in [0.05, 0.1) is 10.7 Å². The largest absolute Gasteiger partial charge is 0.348 e. The van der Waals surface area contributed by atoms with Gasteiger partial charge >= 0.3 is 0 Å². The zero-order chi connectivity index (χ0) is 14.7. The molecular formula is C14H15ClIN3O. The highest BCUT2D eigenvalue weighted by Crippen LogP contribution is 2.19. The van der Waals surface area contributed by atoms with E-state index in [1.165, 1.54) is 0 Å². The summed E-state index contributed by atoms with van der Waals surface area (Å²) in [5, 5.41) is 7.84. The molecule has 0 aliphatic carbocycles. The molecule has 4 nitrogen and oxygen atoms in total. The lowest BCUT2D eigenvalue weighted by atomic mass is 10.2. The summed E-state index contributed by atoms with van der Waals surface area (Å²) in [5.41, 5.74) is 2.62. The van der Waals surface area contributed by atoms with Gasteiger partial charge in [-0.15, -0.1) is 0 Å². The van der Waals surface area contributed by atoms with Crippen molar-refractivity contribution < 1.29 is 4.79 Å². The Kier molecular flexibility index (Phi) is 5.04. The average molecular weight is 404 g/mol. The standard InChI is InChI=1S/C14H15ClIN3O/c1-3-13-10(8-19(2)18-13)7-17-14(20)9-4-5-12(16)11(15)6-9/h4-6,8H,3,7H2,1-2H3,(H,17,20). The van der Waals surface area contributed by atoms with Gasteiger partial charge in [0.25, 0.3) is 5.91 Å². The quantitative estimate of drug-likeness (QED) is 0.797. The van der Waals surface area contributed by atoms with E-state index in [1.54, 1.807) is 16.8 Å². The van der Waals surface area contributed by atoms with Crippen LogP contribution in [0, 0.1) is 3.57 Å². The van der Waals surface area contributed by atoms with Crippen LogP contribution >= 0.6 is 34.2 Å². The van der Waals surface area contributed by atoms with Crippen molar-refractivity contribution in [3.8, 4) is 0 Å². The predicted molar refractivity (Wildman–Crippen MR) is 87.9 cm³/mol. The minimum absolute atomic E-state index is 0.130. The Labute approximate surface area is 136 Å². The third kappa shape index (κ3) is 3.52. The van der Waals surface area contributed by atoms with Crippen molar-refractivity contribution in [3.05, 3.63) is 49.8 Å². The van der Waals surface area contributed by atoms with E-state index >= 15 is 0 Å². The second kappa shape index (κ2) is 6.58. The van der Waals surface area contributed by atoms with Crippen molar-refractivity contribution in [2.75, 3.05) is 0 Å². The second-order valence-electron chi connectivity index (χ2n) is 4.44. The van der Waals surface area contributed by atoms with Gasteiger partial charge in [0.15, 0.2) is 0 Å². The molecule has 2 rings (SSSR count). The van der Waals surface area contributed by atoms with E-state index in [1.807, 2.05) is 26.2 Å². The molecule has 0 saturated carbocycles. The molecule has 0 atom stereocenters. The summed E-state index contributed by atoms with van der Waals surface area (Å²) in [6.45, 7) is 2.52. The summed E-state index contributed by atoms with van der Waals surface area (Å²) in [4.78, 5) is 12.1. The van der Waals surface area contributed by atoms with Crippen molar-refractivity contribution in [2.24, 2.45) is 7.05 Å². The van der Waals surface area contributed by atoms with Crippen LogP contribution in [0.3, 0.4) is 0 Å². The molecule has 20 heavy (non-hydrogen) atoms. The molecule has 0 aliphatic heterocycles. The number of carbonyl (C=O) groups is 1. The van der Waals surface area contributed by atoms with E-state index < -0.39 is 0 Å². The van der Waals surface area contributed by atoms with Gasteiger partial charge in [-0.2, -0.15) is 5.10 Å². The number of rotatable bonds is 4. The van der Waals surface area contributed by atoms with Crippen molar-refractivity contribution in [1.29, 1.82) is 0 Å². The van der Waals surface area contributed by atoms with E-state index in [9.17, 15) is 4.79 Å². The van der Waals surface area contributed by atoms with Crippen LogP contribution in [0.2, 0.25) is 5.02 Å². The van der Waals surface area contributed by atoms with Crippen LogP contribution in [0.1, 0.15) is 28.5 Å². The molecule has 2 aromatic rings. The highest BCUT2D eigenvalue weighted by molar-refractivity contribution is 14.1. The molecule has 1 aromatic carbocycles. The lowest BCUT2D eigenvalue weighted by Crippen LogP contribution is -2.23. The number of nitrogens with one attached hydrogen (secondary N) is 1. The van der Waals surface area contributed by atoms with Crippen molar-refractivity contribution in [3.63, 3.8) is 0 Å². The molecule has 0 radical (unpaired) electrons. The third-order valence-corrected chi connectivity index (χ3v) is 4.52. The molecule has 1 heterocycles. The highest BCUT2D eigenvalue weighted by Gasteiger charge is 2.10. The fourth-order valence-electron chi connectivity index (χ4n) is 1.94. The van der Waals surface area contributed by atoms with Crippen molar-refractivity contribution in [1.82, 2.24) is 15.1 Å². The van der Waals surface area contributed by atoms with Gasteiger partial charge in [0.2, 0.25) is 0 Å². The van der Waals surface area contributed by atoms with Gasteiger partial charge < -0.3 is 5.32 Å². The van der Waals surface area contributed by atoms with Gasteiger partial charge in [-0.05, 0) is 47.2 Å². The van der Waals surface area contributed by atoms with Crippen LogP contribution < -0.4 is 5.32 Å². The van der Waals surface area contributed by atoms with Gasteiger partial charge in [-0.1, -0.05) is 18.5 Å². The summed E-state index contributed by atoms with van der Waals surface area (Å²) >= 11 is 8.16. The van der Waals surface area contributed by atoms with Crippen LogP contribution in [-0.2, 0) is 20.0 Å². The number of hydrogen-bond acceptors (Lipinski definition) is 2. The number of benzene rings is 1. The van der Waals surface area contributed by atoms with Gasteiger partial charge in [-0.25, -0.2) is 0 Å². The topological polar surface area (TPSA) is 46.9 Å². The molecule has 0 bridgehead atoms. The Balaban J connectivity index is 2.06. The maximum Gasteiger partial charge on any atom is 0.251 e. The van der Waals surface area contributed by atoms with Crippen LogP contribution in [0.25, 0.3) is 0 Å². The number of carbonyl (C=O) groups excluding carboxylic acids is 1. The Bertz CT molecular complexity index is 639. The monoisotopic (exact) mass is 403 g/mol. The van der Waals surface area contributed by atoms with Gasteiger partial charge in [0, 0.05) is 34.5 Å². The third-order valence-electron chi connectivity index (χ3n) is 2.95. The predicted octanol–water partition coefficient (Wildman–Crippen LogP) is 3.17. The lowest BCUT2D eigenvalue weighted by molar-refractivity contribution is 0.0951. The van der Waals surface area contributed by atoms with Crippen LogP contribution in [0.5, 0.6) is 0 Å². The minimum Gasteiger partial charge on any atom is -0.348 e. The number of halogens is 2. The summed E-state index contributed by atoms with van der Waals surface area (Å²) < 4.78 is 2.70. The maximum absolute atomic E-state index is 12.1. The smallest absolute Gasteiger partial charge is 0.251 e. The molecule has 0 aliphatic rings. The second-order valence-corrected chi connectivity index (χ2v) is 6.01. The van der Waals surface area contributed by atoms with Gasteiger partial charge in [-0.3, -0.25) is 9.48 Å². The number of nitrogens with zero attached hydrogens (tertiary/aromatic N) is 2. The number of aryl methyl sites for hydroxylation is 2. The Hall–Kier alpha value is -1.08. The highest BCUT2D eigenvalue weighted by atomic mass is 127. The molecule has 0 spiro atoms. The Morgan fingerprint density at radius 2 is 2.25 bits per heavy atom. The molecule has 1 N–H and O–H groups in total. The first-order valence-electron chi connectivity index (χ1n) is 6.26. The van der Waals surface area contributed by atoms with Crippen molar-refractivity contribution in [2.45, 2.75) is 19.9 Å². The zero-order valence-corrected chi connectivity index (χ0v) is 14.2. The minimum atomic E-state index is -0.130. The summed E-state index contributed by atoms with van der Waals surface area (Å²) in [6.07, 6.45) is 2.78. The molecule has 106 valence electrons. The number of hydrogen-bond donors (Lipinski definition) is 1. The molecule has 0 saturated heterocycles. The first-order valence-corrected chi connectivity index (χ1v) is 7.71. The fourth-order valence-corrected chi connectivity index (χ4v) is 2.46. The normalized spacial score (nSPS) is 10.6. The van der Waals surface area contributed by atoms with Crippen LogP contribution in [0.15, 0.2) is 24.4 Å². The average Bonchev–Trinajstić information content (AvgIpc) is 2.79. The first kappa shape index (κ1) is 15.3. The van der Waals surface area contributed by atoms with E-state index in [4.69, 9.17) is 11.6 Å². The maximum atomic E-state index is 12.1. The lowest BCUT2D eigenvalue weighted by Gasteiger charge is -2.06. The van der Waals surface area contributed by atoms with E-state index in [2.05, 4.69) is 33.0 Å². The first-order chi connectivity index (χ1) is 9.51. The molecule has 0 fully saturated rings. The van der Waals surface area contributed by atoms with Crippen molar-refractivity contribution >= 4 is 40.1 Å². The van der Waals surface area contributed by atoms with Gasteiger partial charge in [0.1, 0.15) is 0 Å². The van der Waals surface area contributed by atoms with E-state index in [0.717, 1.165) is 21.2 Å². The number of amides is 1. The summed E-state index contributed by atoms with van der Waals surface area (Å²) in [5.74, 6) is -0.130. The molecule has 0 unspecified atom stereocenters. The van der Waals surface area contributed by atoms with E-state index in [-0.39, 0.29) is 5.91 Å². The molecule has 1 amide bonds. The van der Waals surface area contributed by atoms with Crippen LogP contribution in [0.4, 0.5) is 0 Å². The van der Waals surface area contributed by atoms with E-state index in [0.29, 0.717) is 17.1 Å². The molecule has 6 heteroatoms. The SMILES string of the molecule is CCc1nn(C)cc1CNC(=O)c1ccc(I)c(Cl)c1. The molecule has 1 aromatic heterocycles. The summed E-state index contributed by atoms with van der Waals surface area (Å²) in [6, 6.07) is 5.29. The fraction of sp³-hybridized carbons (Fsp3) is 0.286. The van der Waals surface area contributed by atoms with Crippen LogP contribution in [-0.4, -0.2) is 15.7 Å². The Morgan fingerprint density at radius 3 is 2.90 bits per heavy atom. The number of aromatic nitrogens is 2. The Morgan fingerprint density at radius 1 is 1.50 bits per heavy atom. The summed E-state index contributed by atoms with van der Waals surface area (Å²) in [7, 11) is 1.88. The zero-order valence-electron chi connectivity index (χ0n) is 11.3. The molecular weight excluding hydrogens is 389 g/mol.